The minimum atomic E-state index is -1.16. The van der Waals surface area contributed by atoms with Gasteiger partial charge in [-0.25, -0.2) is 9.18 Å². The van der Waals surface area contributed by atoms with Gasteiger partial charge in [0.15, 0.2) is 11.5 Å². The van der Waals surface area contributed by atoms with Gasteiger partial charge in [-0.15, -0.1) is 21.5 Å². The van der Waals surface area contributed by atoms with Crippen LogP contribution in [-0.2, 0) is 0 Å². The number of nitrogens with one attached hydrogen (secondary N) is 1. The number of aromatic carboxylic acids is 1. The van der Waals surface area contributed by atoms with Crippen LogP contribution in [0.5, 0.6) is 0 Å². The smallest absolute Gasteiger partial charge is 0.357 e. The molecule has 4 rings (SSSR count). The fourth-order valence-corrected chi connectivity index (χ4v) is 3.66. The summed E-state index contributed by atoms with van der Waals surface area (Å²) in [4.78, 5) is 16.3. The van der Waals surface area contributed by atoms with Crippen molar-refractivity contribution in [2.24, 2.45) is 0 Å². The summed E-state index contributed by atoms with van der Waals surface area (Å²) in [6.07, 6.45) is 3.27. The van der Waals surface area contributed by atoms with Gasteiger partial charge in [-0.3, -0.25) is 4.98 Å². The first-order valence-electron chi connectivity index (χ1n) is 7.58. The molecule has 6 nitrogen and oxygen atoms in total. The quantitative estimate of drug-likeness (QED) is 0.559. The van der Waals surface area contributed by atoms with Gasteiger partial charge < -0.3 is 10.4 Å². The molecule has 0 bridgehead atoms. The zero-order chi connectivity index (χ0) is 18.1. The van der Waals surface area contributed by atoms with E-state index >= 15 is 0 Å². The van der Waals surface area contributed by atoms with Crippen LogP contribution in [0.3, 0.4) is 0 Å². The summed E-state index contributed by atoms with van der Waals surface area (Å²) in [6.45, 7) is 0. The molecule has 3 heterocycles. The first kappa shape index (κ1) is 16.1. The molecule has 1 aromatic carbocycles. The highest BCUT2D eigenvalue weighted by molar-refractivity contribution is 7.22. The van der Waals surface area contributed by atoms with Gasteiger partial charge in [0, 0.05) is 16.5 Å². The number of fused-ring (bicyclic) bond motifs is 1. The molecule has 0 saturated carbocycles. The summed E-state index contributed by atoms with van der Waals surface area (Å²) >= 11 is 1.23. The van der Waals surface area contributed by atoms with Crippen LogP contribution >= 0.6 is 11.3 Å². The summed E-state index contributed by atoms with van der Waals surface area (Å²) in [5, 5.41) is 20.9. The van der Waals surface area contributed by atoms with Crippen LogP contribution in [0.25, 0.3) is 20.5 Å². The maximum Gasteiger partial charge on any atom is 0.357 e. The molecule has 0 fully saturated rings. The Labute approximate surface area is 151 Å². The molecule has 0 unspecified atom stereocenters. The number of nitrogens with zero attached hydrogens (tertiary/aromatic N) is 3. The van der Waals surface area contributed by atoms with E-state index in [1.54, 1.807) is 36.7 Å². The largest absolute Gasteiger partial charge is 0.476 e. The van der Waals surface area contributed by atoms with Gasteiger partial charge in [-0.2, -0.15) is 0 Å². The number of carboxylic acid groups (broad SMARTS) is 1. The van der Waals surface area contributed by atoms with Crippen molar-refractivity contribution >= 4 is 38.9 Å². The van der Waals surface area contributed by atoms with Crippen LogP contribution in [0.15, 0.2) is 54.9 Å². The number of rotatable bonds is 4. The van der Waals surface area contributed by atoms with Crippen molar-refractivity contribution < 1.29 is 14.3 Å². The minimum absolute atomic E-state index is 0.135. The van der Waals surface area contributed by atoms with E-state index < -0.39 is 5.97 Å². The summed E-state index contributed by atoms with van der Waals surface area (Å²) < 4.78 is 14.0. The number of carbonyl (C=O) groups is 1. The van der Waals surface area contributed by atoms with Crippen LogP contribution in [-0.4, -0.2) is 26.3 Å². The summed E-state index contributed by atoms with van der Waals surface area (Å²) in [5.41, 5.74) is 1.23. The fourth-order valence-electron chi connectivity index (χ4n) is 2.53. The topological polar surface area (TPSA) is 88.0 Å². The van der Waals surface area contributed by atoms with Gasteiger partial charge in [0.25, 0.3) is 0 Å². The maximum atomic E-state index is 13.5. The molecule has 8 heteroatoms. The van der Waals surface area contributed by atoms with Crippen LogP contribution in [0, 0.1) is 5.82 Å². The average Bonchev–Trinajstić information content (AvgIpc) is 3.08. The molecule has 3 aromatic heterocycles. The summed E-state index contributed by atoms with van der Waals surface area (Å²) in [7, 11) is 0. The lowest BCUT2D eigenvalue weighted by atomic mass is 10.1. The molecule has 2 N–H and O–H groups in total. The highest BCUT2D eigenvalue weighted by Gasteiger charge is 2.19. The van der Waals surface area contributed by atoms with Gasteiger partial charge in [0.2, 0.25) is 0 Å². The Hall–Kier alpha value is -3.39. The van der Waals surface area contributed by atoms with Crippen molar-refractivity contribution in [2.45, 2.75) is 0 Å². The highest BCUT2D eigenvalue weighted by Crippen LogP contribution is 2.38. The van der Waals surface area contributed by atoms with Crippen molar-refractivity contribution in [3.05, 3.63) is 66.4 Å². The second-order valence-electron chi connectivity index (χ2n) is 5.43. The average molecular weight is 366 g/mol. The third-order valence-electron chi connectivity index (χ3n) is 3.69. The lowest BCUT2D eigenvalue weighted by Crippen LogP contribution is -2.04. The van der Waals surface area contributed by atoms with Gasteiger partial charge in [-0.05, 0) is 35.9 Å². The van der Waals surface area contributed by atoms with E-state index in [0.717, 1.165) is 4.88 Å². The Morgan fingerprint density at radius 2 is 2.04 bits per heavy atom. The van der Waals surface area contributed by atoms with E-state index in [9.17, 15) is 14.3 Å². The fraction of sp³-hybridized carbons (Fsp3) is 0. The maximum absolute atomic E-state index is 13.5. The van der Waals surface area contributed by atoms with E-state index in [-0.39, 0.29) is 11.5 Å². The van der Waals surface area contributed by atoms with E-state index in [2.05, 4.69) is 20.5 Å². The minimum Gasteiger partial charge on any atom is -0.476 e. The van der Waals surface area contributed by atoms with Crippen molar-refractivity contribution in [3.8, 4) is 10.4 Å². The number of hydrogen-bond acceptors (Lipinski definition) is 6. The second-order valence-corrected chi connectivity index (χ2v) is 6.49. The lowest BCUT2D eigenvalue weighted by molar-refractivity contribution is 0.0692. The van der Waals surface area contributed by atoms with Crippen molar-refractivity contribution in [1.82, 2.24) is 15.2 Å². The molecule has 0 atom stereocenters. The Balaban J connectivity index is 1.88. The standard InChI is InChI=1S/C18H11FN4O2S/c19-11-4-1-3-10(7-11)14-8-13-16(26-14)15(18(24)25)22-23-17(13)21-12-5-2-6-20-9-12/h1-9H,(H,21,23)(H,24,25). The number of anilines is 2. The molecule has 0 aliphatic rings. The van der Waals surface area contributed by atoms with Gasteiger partial charge >= 0.3 is 5.97 Å². The second kappa shape index (κ2) is 6.49. The summed E-state index contributed by atoms with van der Waals surface area (Å²) in [5.74, 6) is -1.11. The Morgan fingerprint density at radius 3 is 2.77 bits per heavy atom. The number of thiophene rings is 1. The van der Waals surface area contributed by atoms with Crippen LogP contribution < -0.4 is 5.32 Å². The number of aromatic nitrogens is 3. The van der Waals surface area contributed by atoms with Gasteiger partial charge in [0.1, 0.15) is 5.82 Å². The molecule has 128 valence electrons. The number of halogens is 1. The van der Waals surface area contributed by atoms with E-state index in [1.165, 1.54) is 23.5 Å². The predicted molar refractivity (Wildman–Crippen MR) is 97.3 cm³/mol. The number of carboxylic acids is 1. The molecule has 0 amide bonds. The zero-order valence-corrected chi connectivity index (χ0v) is 14.0. The van der Waals surface area contributed by atoms with Crippen LogP contribution in [0.1, 0.15) is 10.5 Å². The van der Waals surface area contributed by atoms with Gasteiger partial charge in [0.05, 0.1) is 16.6 Å². The molecule has 0 saturated heterocycles. The Bertz CT molecular complexity index is 1110. The molecule has 26 heavy (non-hydrogen) atoms. The molecular formula is C18H11FN4O2S. The molecule has 0 radical (unpaired) electrons. The normalized spacial score (nSPS) is 10.8. The molecule has 0 aliphatic heterocycles. The van der Waals surface area contributed by atoms with Crippen LogP contribution in [0.4, 0.5) is 15.9 Å². The van der Waals surface area contributed by atoms with Crippen molar-refractivity contribution in [1.29, 1.82) is 0 Å². The SMILES string of the molecule is O=C(O)c1nnc(Nc2cccnc2)c2cc(-c3cccc(F)c3)sc12. The monoisotopic (exact) mass is 366 g/mol. The van der Waals surface area contributed by atoms with Gasteiger partial charge in [-0.1, -0.05) is 12.1 Å². The Kier molecular flexibility index (Phi) is 4.02. The van der Waals surface area contributed by atoms with Crippen molar-refractivity contribution in [2.75, 3.05) is 5.32 Å². The summed E-state index contributed by atoms with van der Waals surface area (Å²) in [6, 6.07) is 11.5. The third-order valence-corrected chi connectivity index (χ3v) is 4.88. The first-order valence-corrected chi connectivity index (χ1v) is 8.40. The Morgan fingerprint density at radius 1 is 1.15 bits per heavy atom. The zero-order valence-electron chi connectivity index (χ0n) is 13.2. The van der Waals surface area contributed by atoms with Crippen LogP contribution in [0.2, 0.25) is 0 Å². The number of pyridine rings is 1. The molecular weight excluding hydrogens is 355 g/mol. The first-order chi connectivity index (χ1) is 12.6. The van der Waals surface area contributed by atoms with Crippen molar-refractivity contribution in [3.63, 3.8) is 0 Å². The molecule has 0 spiro atoms. The number of benzene rings is 1. The molecule has 0 aliphatic carbocycles. The van der Waals surface area contributed by atoms with E-state index in [4.69, 9.17) is 0 Å². The third kappa shape index (κ3) is 2.98. The lowest BCUT2D eigenvalue weighted by Gasteiger charge is -2.06. The highest BCUT2D eigenvalue weighted by atomic mass is 32.1. The molecule has 4 aromatic rings. The number of hydrogen-bond donors (Lipinski definition) is 2. The van der Waals surface area contributed by atoms with E-state index in [0.29, 0.717) is 27.2 Å². The predicted octanol–water partition coefficient (Wildman–Crippen LogP) is 4.33. The van der Waals surface area contributed by atoms with E-state index in [1.807, 2.05) is 6.07 Å².